The van der Waals surface area contributed by atoms with E-state index in [0.717, 1.165) is 19.3 Å². The molecule has 0 bridgehead atoms. The van der Waals surface area contributed by atoms with E-state index in [2.05, 4.69) is 20.8 Å². The second-order valence-corrected chi connectivity index (χ2v) is 13.9. The molecule has 0 atom stereocenters. The van der Waals surface area contributed by atoms with Crippen molar-refractivity contribution in [3.63, 3.8) is 0 Å². The summed E-state index contributed by atoms with van der Waals surface area (Å²) in [7, 11) is -3.70. The zero-order valence-electron chi connectivity index (χ0n) is 29.6. The highest BCUT2D eigenvalue weighted by atomic mass is 31.2. The molecule has 7 nitrogen and oxygen atoms in total. The van der Waals surface area contributed by atoms with E-state index in [1.807, 2.05) is 0 Å². The van der Waals surface area contributed by atoms with E-state index in [9.17, 15) is 4.57 Å². The normalized spacial score (nSPS) is 12.0. The predicted molar refractivity (Wildman–Crippen MR) is 186 cm³/mol. The van der Waals surface area contributed by atoms with Gasteiger partial charge < -0.3 is 14.2 Å². The van der Waals surface area contributed by atoms with E-state index >= 15 is 0 Å². The van der Waals surface area contributed by atoms with Crippen molar-refractivity contribution in [1.29, 1.82) is 0 Å². The molecule has 0 rings (SSSR count). The van der Waals surface area contributed by atoms with Gasteiger partial charge >= 0.3 is 7.82 Å². The Morgan fingerprint density at radius 2 is 0.523 bits per heavy atom. The molecule has 44 heavy (non-hydrogen) atoms. The van der Waals surface area contributed by atoms with Crippen LogP contribution in [0.3, 0.4) is 0 Å². The van der Waals surface area contributed by atoms with E-state index in [-0.39, 0.29) is 19.8 Å². The minimum Gasteiger partial charge on any atom is -0.379 e. The standard InChI is InChI=1S/C36H75O7P/c1-4-7-10-13-16-19-22-25-28-38-31-34-41-44(37,42-35-32-39-29-26-23-20-17-14-11-8-5-2)43-36-33-40-30-27-24-21-18-15-12-9-6-3/h4-36H2,1-3H3. The van der Waals surface area contributed by atoms with Gasteiger partial charge in [0.25, 0.3) is 0 Å². The first-order chi connectivity index (χ1) is 21.7. The average Bonchev–Trinajstić information content (AvgIpc) is 3.02. The van der Waals surface area contributed by atoms with Crippen LogP contribution in [-0.2, 0) is 32.3 Å². The van der Waals surface area contributed by atoms with Crippen LogP contribution < -0.4 is 0 Å². The van der Waals surface area contributed by atoms with Crippen molar-refractivity contribution >= 4 is 7.82 Å². The third-order valence-electron chi connectivity index (χ3n) is 7.86. The third kappa shape index (κ3) is 34.9. The van der Waals surface area contributed by atoms with Crippen LogP contribution in [0.1, 0.15) is 175 Å². The Bertz CT molecular complexity index is 503. The maximum absolute atomic E-state index is 13.2. The molecular formula is C36H75O7P. The molecule has 0 aliphatic carbocycles. The van der Waals surface area contributed by atoms with Gasteiger partial charge in [-0.25, -0.2) is 4.57 Å². The topological polar surface area (TPSA) is 72.5 Å². The molecule has 0 N–H and O–H groups in total. The molecule has 0 aromatic rings. The first kappa shape index (κ1) is 44.0. The van der Waals surface area contributed by atoms with Crippen LogP contribution in [-0.4, -0.2) is 59.5 Å². The van der Waals surface area contributed by atoms with E-state index in [1.165, 1.54) is 135 Å². The Hall–Kier alpha value is -0.0100. The number of hydrogen-bond donors (Lipinski definition) is 0. The monoisotopic (exact) mass is 651 g/mol. The largest absolute Gasteiger partial charge is 0.475 e. The van der Waals surface area contributed by atoms with Crippen LogP contribution >= 0.6 is 7.82 Å². The number of hydrogen-bond acceptors (Lipinski definition) is 7. The highest BCUT2D eigenvalue weighted by Gasteiger charge is 2.26. The first-order valence-electron chi connectivity index (χ1n) is 18.9. The van der Waals surface area contributed by atoms with Gasteiger partial charge in [0.1, 0.15) is 0 Å². The Labute approximate surface area is 274 Å². The summed E-state index contributed by atoms with van der Waals surface area (Å²) in [5.74, 6) is 0. The van der Waals surface area contributed by atoms with Gasteiger partial charge in [0.15, 0.2) is 0 Å². The molecule has 0 aromatic carbocycles. The molecule has 0 fully saturated rings. The van der Waals surface area contributed by atoms with E-state index in [4.69, 9.17) is 27.8 Å². The van der Waals surface area contributed by atoms with Crippen molar-refractivity contribution in [2.24, 2.45) is 0 Å². The Morgan fingerprint density at radius 3 is 0.773 bits per heavy atom. The second kappa shape index (κ2) is 37.4. The fourth-order valence-electron chi connectivity index (χ4n) is 5.06. The lowest BCUT2D eigenvalue weighted by molar-refractivity contribution is 0.0327. The van der Waals surface area contributed by atoms with Crippen LogP contribution in [0, 0.1) is 0 Å². The quantitative estimate of drug-likeness (QED) is 0.0484. The maximum Gasteiger partial charge on any atom is 0.475 e. The van der Waals surface area contributed by atoms with Crippen LogP contribution in [0.25, 0.3) is 0 Å². The molecule has 0 saturated carbocycles. The fourth-order valence-corrected chi connectivity index (χ4v) is 6.17. The molecule has 0 amide bonds. The zero-order valence-corrected chi connectivity index (χ0v) is 30.5. The van der Waals surface area contributed by atoms with Gasteiger partial charge in [0.2, 0.25) is 0 Å². The summed E-state index contributed by atoms with van der Waals surface area (Å²) in [4.78, 5) is 0. The van der Waals surface area contributed by atoms with Crippen molar-refractivity contribution in [3.8, 4) is 0 Å². The van der Waals surface area contributed by atoms with Crippen LogP contribution in [0.15, 0.2) is 0 Å². The average molecular weight is 651 g/mol. The van der Waals surface area contributed by atoms with Gasteiger partial charge in [0, 0.05) is 19.8 Å². The fraction of sp³-hybridized carbons (Fsp3) is 1.00. The molecule has 0 radical (unpaired) electrons. The lowest BCUT2D eigenvalue weighted by atomic mass is 10.1. The number of rotatable bonds is 39. The molecule has 0 aromatic heterocycles. The number of phosphoric ester groups is 1. The van der Waals surface area contributed by atoms with Crippen molar-refractivity contribution in [1.82, 2.24) is 0 Å². The van der Waals surface area contributed by atoms with Crippen molar-refractivity contribution in [3.05, 3.63) is 0 Å². The molecule has 266 valence electrons. The summed E-state index contributed by atoms with van der Waals surface area (Å²) < 4.78 is 47.1. The number of phosphoric acid groups is 1. The minimum atomic E-state index is -3.70. The molecule has 0 aliphatic heterocycles. The van der Waals surface area contributed by atoms with E-state index in [0.29, 0.717) is 39.6 Å². The smallest absolute Gasteiger partial charge is 0.379 e. The summed E-state index contributed by atoms with van der Waals surface area (Å²) in [5, 5.41) is 0. The summed E-state index contributed by atoms with van der Waals surface area (Å²) >= 11 is 0. The van der Waals surface area contributed by atoms with Gasteiger partial charge in [-0.1, -0.05) is 156 Å². The Balaban J connectivity index is 4.07. The summed E-state index contributed by atoms with van der Waals surface area (Å²) in [5.41, 5.74) is 0. The zero-order chi connectivity index (χ0) is 32.1. The van der Waals surface area contributed by atoms with Crippen LogP contribution in [0.4, 0.5) is 0 Å². The van der Waals surface area contributed by atoms with Gasteiger partial charge in [-0.15, -0.1) is 0 Å². The lowest BCUT2D eigenvalue weighted by Gasteiger charge is -2.18. The molecule has 0 aliphatic rings. The van der Waals surface area contributed by atoms with E-state index < -0.39 is 7.82 Å². The van der Waals surface area contributed by atoms with Crippen molar-refractivity contribution < 1.29 is 32.3 Å². The highest BCUT2D eigenvalue weighted by Crippen LogP contribution is 2.49. The van der Waals surface area contributed by atoms with Crippen molar-refractivity contribution in [2.75, 3.05) is 59.5 Å². The van der Waals surface area contributed by atoms with Gasteiger partial charge in [-0.3, -0.25) is 13.6 Å². The molecule has 0 saturated heterocycles. The molecular weight excluding hydrogens is 575 g/mol. The summed E-state index contributed by atoms with van der Waals surface area (Å²) in [6.07, 6.45) is 30.4. The van der Waals surface area contributed by atoms with Crippen molar-refractivity contribution in [2.45, 2.75) is 175 Å². The van der Waals surface area contributed by atoms with Crippen LogP contribution in [0.5, 0.6) is 0 Å². The van der Waals surface area contributed by atoms with Gasteiger partial charge in [0.05, 0.1) is 39.6 Å². The first-order valence-corrected chi connectivity index (χ1v) is 20.4. The second-order valence-electron chi connectivity index (χ2n) is 12.2. The highest BCUT2D eigenvalue weighted by molar-refractivity contribution is 7.48. The molecule has 0 unspecified atom stereocenters. The minimum absolute atomic E-state index is 0.173. The Kier molecular flexibility index (Phi) is 37.4. The summed E-state index contributed by atoms with van der Waals surface area (Å²) in [6.45, 7) is 10.5. The third-order valence-corrected chi connectivity index (χ3v) is 9.35. The lowest BCUT2D eigenvalue weighted by Crippen LogP contribution is -2.12. The number of unbranched alkanes of at least 4 members (excludes halogenated alkanes) is 21. The van der Waals surface area contributed by atoms with Gasteiger partial charge in [-0.05, 0) is 19.3 Å². The molecule has 8 heteroatoms. The SMILES string of the molecule is CCCCCCCCCCOCCOP(=O)(OCCOCCCCCCCCCC)OCCOCCCCCCCCCC. The Morgan fingerprint density at radius 1 is 0.295 bits per heavy atom. The van der Waals surface area contributed by atoms with E-state index in [1.54, 1.807) is 0 Å². The molecule has 0 heterocycles. The molecule has 0 spiro atoms. The van der Waals surface area contributed by atoms with Gasteiger partial charge in [-0.2, -0.15) is 0 Å². The summed E-state index contributed by atoms with van der Waals surface area (Å²) in [6, 6.07) is 0. The maximum atomic E-state index is 13.2. The van der Waals surface area contributed by atoms with Crippen LogP contribution in [0.2, 0.25) is 0 Å². The predicted octanol–water partition coefficient (Wildman–Crippen LogP) is 11.6. The number of ether oxygens (including phenoxy) is 3.